The fourth-order valence-electron chi connectivity index (χ4n) is 2.04. The third-order valence-corrected chi connectivity index (χ3v) is 3.20. The molecule has 0 aromatic heterocycles. The first kappa shape index (κ1) is 17.0. The van der Waals surface area contributed by atoms with Crippen molar-refractivity contribution in [3.63, 3.8) is 0 Å². The first-order valence-corrected chi connectivity index (χ1v) is 7.07. The van der Waals surface area contributed by atoms with Crippen molar-refractivity contribution in [1.82, 2.24) is 4.90 Å². The number of esters is 1. The fourth-order valence-corrected chi connectivity index (χ4v) is 2.04. The monoisotopic (exact) mass is 292 g/mol. The van der Waals surface area contributed by atoms with Crippen molar-refractivity contribution >= 4 is 17.6 Å². The van der Waals surface area contributed by atoms with E-state index in [2.05, 4.69) is 4.74 Å². The second-order valence-corrected chi connectivity index (χ2v) is 5.54. The van der Waals surface area contributed by atoms with Gasteiger partial charge in [0.05, 0.1) is 13.5 Å². The second-order valence-electron chi connectivity index (χ2n) is 5.54. The maximum atomic E-state index is 12.6. The molecule has 21 heavy (non-hydrogen) atoms. The topological polar surface area (TPSA) is 72.6 Å². The summed E-state index contributed by atoms with van der Waals surface area (Å²) in [6, 6.07) is 5.23. The summed E-state index contributed by atoms with van der Waals surface area (Å²) in [5.41, 5.74) is 7.90. The molecular weight excluding hydrogens is 268 g/mol. The molecule has 0 fully saturated rings. The minimum absolute atomic E-state index is 0.0873. The smallest absolute Gasteiger partial charge is 0.307 e. The van der Waals surface area contributed by atoms with Crippen LogP contribution in [0.15, 0.2) is 18.2 Å². The van der Waals surface area contributed by atoms with Crippen molar-refractivity contribution in [3.8, 4) is 0 Å². The highest BCUT2D eigenvalue weighted by Crippen LogP contribution is 2.15. The molecule has 0 spiro atoms. The standard InChI is InChI=1S/C16H24N2O3/c1-11(2)10-18(8-7-15(19)21-4)16(20)13-5-6-14(17)12(3)9-13/h5-6,9,11H,7-8,10,17H2,1-4H3. The van der Waals surface area contributed by atoms with Crippen LogP contribution in [0.5, 0.6) is 0 Å². The van der Waals surface area contributed by atoms with E-state index in [9.17, 15) is 9.59 Å². The van der Waals surface area contributed by atoms with Gasteiger partial charge in [-0.05, 0) is 36.6 Å². The number of amides is 1. The van der Waals surface area contributed by atoms with Crippen molar-refractivity contribution in [1.29, 1.82) is 0 Å². The lowest BCUT2D eigenvalue weighted by atomic mass is 10.1. The molecule has 0 saturated carbocycles. The Labute approximate surface area is 126 Å². The number of benzene rings is 1. The molecule has 1 amide bonds. The van der Waals surface area contributed by atoms with E-state index in [1.807, 2.05) is 20.8 Å². The molecule has 0 aliphatic rings. The van der Waals surface area contributed by atoms with Crippen LogP contribution in [-0.4, -0.2) is 37.0 Å². The number of nitrogen functional groups attached to an aromatic ring is 1. The summed E-state index contributed by atoms with van der Waals surface area (Å²) in [6.07, 6.45) is 0.197. The quantitative estimate of drug-likeness (QED) is 0.644. The van der Waals surface area contributed by atoms with Crippen LogP contribution in [0.25, 0.3) is 0 Å². The number of aryl methyl sites for hydroxylation is 1. The summed E-state index contributed by atoms with van der Waals surface area (Å²) < 4.78 is 4.63. The highest BCUT2D eigenvalue weighted by atomic mass is 16.5. The second kappa shape index (κ2) is 7.67. The van der Waals surface area contributed by atoms with Crippen molar-refractivity contribution < 1.29 is 14.3 Å². The Kier molecular flexibility index (Phi) is 6.21. The zero-order chi connectivity index (χ0) is 16.0. The maximum Gasteiger partial charge on any atom is 0.307 e. The minimum Gasteiger partial charge on any atom is -0.469 e. The van der Waals surface area contributed by atoms with E-state index in [-0.39, 0.29) is 18.3 Å². The van der Waals surface area contributed by atoms with Crippen LogP contribution in [0, 0.1) is 12.8 Å². The van der Waals surface area contributed by atoms with Gasteiger partial charge in [0.2, 0.25) is 0 Å². The van der Waals surface area contributed by atoms with Gasteiger partial charge in [0.1, 0.15) is 0 Å². The van der Waals surface area contributed by atoms with Crippen LogP contribution < -0.4 is 5.73 Å². The number of hydrogen-bond acceptors (Lipinski definition) is 4. The van der Waals surface area contributed by atoms with E-state index in [0.717, 1.165) is 5.56 Å². The van der Waals surface area contributed by atoms with E-state index in [1.165, 1.54) is 7.11 Å². The number of anilines is 1. The molecule has 0 aliphatic heterocycles. The van der Waals surface area contributed by atoms with Crippen LogP contribution in [0.4, 0.5) is 5.69 Å². The lowest BCUT2D eigenvalue weighted by Crippen LogP contribution is -2.36. The van der Waals surface area contributed by atoms with Gasteiger partial charge in [-0.1, -0.05) is 13.8 Å². The molecule has 0 atom stereocenters. The van der Waals surface area contributed by atoms with Crippen molar-refractivity contribution in [2.45, 2.75) is 27.2 Å². The van der Waals surface area contributed by atoms with E-state index in [1.54, 1.807) is 23.1 Å². The Morgan fingerprint density at radius 3 is 2.52 bits per heavy atom. The van der Waals surface area contributed by atoms with Crippen molar-refractivity contribution in [3.05, 3.63) is 29.3 Å². The average molecular weight is 292 g/mol. The minimum atomic E-state index is -0.315. The number of methoxy groups -OCH3 is 1. The molecule has 0 unspecified atom stereocenters. The van der Waals surface area contributed by atoms with E-state index >= 15 is 0 Å². The molecule has 0 bridgehead atoms. The first-order chi connectivity index (χ1) is 9.85. The molecule has 5 heteroatoms. The number of hydrogen-bond donors (Lipinski definition) is 1. The highest BCUT2D eigenvalue weighted by Gasteiger charge is 2.18. The van der Waals surface area contributed by atoms with Gasteiger partial charge in [0, 0.05) is 24.3 Å². The van der Waals surface area contributed by atoms with Gasteiger partial charge >= 0.3 is 5.97 Å². The van der Waals surface area contributed by atoms with Gasteiger partial charge in [-0.2, -0.15) is 0 Å². The van der Waals surface area contributed by atoms with Crippen molar-refractivity contribution in [2.24, 2.45) is 5.92 Å². The fraction of sp³-hybridized carbons (Fsp3) is 0.500. The number of carbonyl (C=O) groups excluding carboxylic acids is 2. The van der Waals surface area contributed by atoms with Crippen LogP contribution in [0.1, 0.15) is 36.2 Å². The zero-order valence-corrected chi connectivity index (χ0v) is 13.2. The van der Waals surface area contributed by atoms with Crippen LogP contribution in [0.2, 0.25) is 0 Å². The summed E-state index contributed by atoms with van der Waals surface area (Å²) >= 11 is 0. The van der Waals surface area contributed by atoms with Gasteiger partial charge in [0.25, 0.3) is 5.91 Å². The van der Waals surface area contributed by atoms with Gasteiger partial charge in [-0.15, -0.1) is 0 Å². The highest BCUT2D eigenvalue weighted by molar-refractivity contribution is 5.95. The lowest BCUT2D eigenvalue weighted by Gasteiger charge is -2.24. The Morgan fingerprint density at radius 1 is 1.33 bits per heavy atom. The molecule has 0 heterocycles. The predicted octanol–water partition coefficient (Wildman–Crippen LogP) is 2.24. The SMILES string of the molecule is COC(=O)CCN(CC(C)C)C(=O)c1ccc(N)c(C)c1. The third-order valence-electron chi connectivity index (χ3n) is 3.20. The lowest BCUT2D eigenvalue weighted by molar-refractivity contribution is -0.140. The van der Waals surface area contributed by atoms with E-state index < -0.39 is 0 Å². The average Bonchev–Trinajstić information content (AvgIpc) is 2.44. The third kappa shape index (κ3) is 5.10. The summed E-state index contributed by atoms with van der Waals surface area (Å²) in [5.74, 6) is -0.0813. The molecule has 116 valence electrons. The molecule has 0 radical (unpaired) electrons. The van der Waals surface area contributed by atoms with Gasteiger partial charge in [0.15, 0.2) is 0 Å². The van der Waals surface area contributed by atoms with Gasteiger partial charge < -0.3 is 15.4 Å². The van der Waals surface area contributed by atoms with E-state index in [0.29, 0.717) is 30.3 Å². The largest absolute Gasteiger partial charge is 0.469 e. The number of nitrogens with zero attached hydrogens (tertiary/aromatic N) is 1. The van der Waals surface area contributed by atoms with Crippen molar-refractivity contribution in [2.75, 3.05) is 25.9 Å². The Balaban J connectivity index is 2.87. The molecule has 2 N–H and O–H groups in total. The summed E-state index contributed by atoms with van der Waals surface area (Å²) in [4.78, 5) is 25.5. The van der Waals surface area contributed by atoms with Gasteiger partial charge in [-0.25, -0.2) is 0 Å². The number of rotatable bonds is 6. The van der Waals surface area contributed by atoms with Gasteiger partial charge in [-0.3, -0.25) is 9.59 Å². The van der Waals surface area contributed by atoms with Crippen LogP contribution in [0.3, 0.4) is 0 Å². The predicted molar refractivity (Wildman–Crippen MR) is 83.0 cm³/mol. The molecule has 0 saturated heterocycles. The number of carbonyl (C=O) groups is 2. The first-order valence-electron chi connectivity index (χ1n) is 7.07. The number of nitrogens with two attached hydrogens (primary N) is 1. The Morgan fingerprint density at radius 2 is 2.00 bits per heavy atom. The zero-order valence-electron chi connectivity index (χ0n) is 13.2. The van der Waals surface area contributed by atoms with E-state index in [4.69, 9.17) is 5.73 Å². The molecule has 1 aromatic rings. The summed E-state index contributed by atoms with van der Waals surface area (Å²) in [5, 5.41) is 0. The summed E-state index contributed by atoms with van der Waals surface area (Å²) in [7, 11) is 1.35. The Bertz CT molecular complexity index is 512. The maximum absolute atomic E-state index is 12.6. The molecule has 0 aliphatic carbocycles. The molecule has 5 nitrogen and oxygen atoms in total. The van der Waals surface area contributed by atoms with Crippen LogP contribution in [-0.2, 0) is 9.53 Å². The van der Waals surface area contributed by atoms with Crippen LogP contribution >= 0.6 is 0 Å². The molecule has 1 aromatic carbocycles. The molecule has 1 rings (SSSR count). The summed E-state index contributed by atoms with van der Waals surface area (Å²) in [6.45, 7) is 6.89. The number of ether oxygens (including phenoxy) is 1. The molecular formula is C16H24N2O3. The normalized spacial score (nSPS) is 10.5. The Hall–Kier alpha value is -2.04.